The summed E-state index contributed by atoms with van der Waals surface area (Å²) in [5.74, 6) is -0.0903. The van der Waals surface area contributed by atoms with Gasteiger partial charge in [-0.25, -0.2) is 4.79 Å². The SMILES string of the molecule is Cc1cc(NC(=O)CN2C(=O)N[C@@]3(CCCCc4ccccc43)C2=O)no1. The Morgan fingerprint density at radius 3 is 2.93 bits per heavy atom. The fraction of sp³-hybridized carbons (Fsp3) is 0.368. The van der Waals surface area contributed by atoms with Crippen LogP contribution in [0, 0.1) is 6.92 Å². The fourth-order valence-corrected chi connectivity index (χ4v) is 3.87. The molecule has 4 rings (SSSR count). The summed E-state index contributed by atoms with van der Waals surface area (Å²) in [6.07, 6.45) is 3.16. The molecule has 1 saturated heterocycles. The van der Waals surface area contributed by atoms with E-state index >= 15 is 0 Å². The fourth-order valence-electron chi connectivity index (χ4n) is 3.87. The highest BCUT2D eigenvalue weighted by Gasteiger charge is 2.53. The van der Waals surface area contributed by atoms with Gasteiger partial charge < -0.3 is 15.2 Å². The molecule has 2 aromatic rings. The van der Waals surface area contributed by atoms with E-state index in [1.165, 1.54) is 0 Å². The van der Waals surface area contributed by atoms with Gasteiger partial charge in [0.05, 0.1) is 0 Å². The molecule has 0 radical (unpaired) electrons. The number of aromatic nitrogens is 1. The van der Waals surface area contributed by atoms with Gasteiger partial charge in [0.2, 0.25) is 5.91 Å². The first-order chi connectivity index (χ1) is 13.0. The molecule has 1 aliphatic heterocycles. The number of carbonyl (C=O) groups is 3. The summed E-state index contributed by atoms with van der Waals surface area (Å²) in [5, 5.41) is 9.08. The average Bonchev–Trinajstić information content (AvgIpc) is 3.07. The number of nitrogens with one attached hydrogen (secondary N) is 2. The Morgan fingerprint density at radius 2 is 2.15 bits per heavy atom. The van der Waals surface area contributed by atoms with Crippen LogP contribution in [0.5, 0.6) is 0 Å². The van der Waals surface area contributed by atoms with E-state index in [0.29, 0.717) is 12.2 Å². The molecule has 4 amide bonds. The number of amides is 4. The van der Waals surface area contributed by atoms with E-state index in [2.05, 4.69) is 15.8 Å². The van der Waals surface area contributed by atoms with Crippen molar-refractivity contribution in [1.29, 1.82) is 0 Å². The van der Waals surface area contributed by atoms with Crippen LogP contribution in [0.1, 0.15) is 36.1 Å². The molecule has 2 heterocycles. The molecule has 0 bridgehead atoms. The lowest BCUT2D eigenvalue weighted by Gasteiger charge is -2.27. The van der Waals surface area contributed by atoms with E-state index in [4.69, 9.17) is 4.52 Å². The highest BCUT2D eigenvalue weighted by Crippen LogP contribution is 2.38. The highest BCUT2D eigenvalue weighted by molar-refractivity contribution is 6.10. The zero-order valence-corrected chi connectivity index (χ0v) is 14.9. The van der Waals surface area contributed by atoms with Gasteiger partial charge in [0.1, 0.15) is 17.8 Å². The number of hydrogen-bond acceptors (Lipinski definition) is 5. The Hall–Kier alpha value is -3.16. The van der Waals surface area contributed by atoms with Crippen LogP contribution >= 0.6 is 0 Å². The molecule has 1 atom stereocenters. The van der Waals surface area contributed by atoms with Crippen molar-refractivity contribution in [3.05, 3.63) is 47.2 Å². The van der Waals surface area contributed by atoms with Crippen LogP contribution < -0.4 is 10.6 Å². The molecule has 2 N–H and O–H groups in total. The van der Waals surface area contributed by atoms with Crippen LogP contribution in [-0.2, 0) is 21.5 Å². The van der Waals surface area contributed by atoms with Crippen LogP contribution in [0.3, 0.4) is 0 Å². The molecule has 1 aromatic carbocycles. The van der Waals surface area contributed by atoms with E-state index in [9.17, 15) is 14.4 Å². The molecule has 1 aromatic heterocycles. The van der Waals surface area contributed by atoms with Crippen LogP contribution in [-0.4, -0.2) is 34.4 Å². The molecular weight excluding hydrogens is 348 g/mol. The van der Waals surface area contributed by atoms with Gasteiger partial charge in [-0.1, -0.05) is 29.4 Å². The molecule has 8 nitrogen and oxygen atoms in total. The van der Waals surface area contributed by atoms with Crippen LogP contribution in [0.2, 0.25) is 0 Å². The van der Waals surface area contributed by atoms with Gasteiger partial charge >= 0.3 is 6.03 Å². The summed E-state index contributed by atoms with van der Waals surface area (Å²) < 4.78 is 4.90. The predicted molar refractivity (Wildman–Crippen MR) is 95.8 cm³/mol. The molecular formula is C19H20N4O4. The smallest absolute Gasteiger partial charge is 0.325 e. The van der Waals surface area contributed by atoms with Crippen molar-refractivity contribution in [2.75, 3.05) is 11.9 Å². The first-order valence-corrected chi connectivity index (χ1v) is 8.95. The van der Waals surface area contributed by atoms with E-state index in [1.54, 1.807) is 13.0 Å². The average molecular weight is 368 g/mol. The van der Waals surface area contributed by atoms with Crippen LogP contribution in [0.25, 0.3) is 0 Å². The van der Waals surface area contributed by atoms with Gasteiger partial charge in [0.15, 0.2) is 5.82 Å². The summed E-state index contributed by atoms with van der Waals surface area (Å²) in [7, 11) is 0. The van der Waals surface area contributed by atoms with E-state index < -0.39 is 17.5 Å². The van der Waals surface area contributed by atoms with Crippen molar-refractivity contribution in [1.82, 2.24) is 15.4 Å². The second-order valence-electron chi connectivity index (χ2n) is 6.96. The van der Waals surface area contributed by atoms with Gasteiger partial charge in [0, 0.05) is 6.07 Å². The number of aryl methyl sites for hydroxylation is 2. The maximum atomic E-state index is 13.2. The number of nitrogens with zero attached hydrogens (tertiary/aromatic N) is 2. The predicted octanol–water partition coefficient (Wildman–Crippen LogP) is 2.10. The lowest BCUT2D eigenvalue weighted by Crippen LogP contribution is -2.44. The minimum Gasteiger partial charge on any atom is -0.360 e. The number of imide groups is 1. The van der Waals surface area contributed by atoms with Gasteiger partial charge in [0.25, 0.3) is 5.91 Å². The topological polar surface area (TPSA) is 105 Å². The summed E-state index contributed by atoms with van der Waals surface area (Å²) in [6, 6.07) is 8.69. The van der Waals surface area contributed by atoms with Crippen molar-refractivity contribution >= 4 is 23.7 Å². The van der Waals surface area contributed by atoms with E-state index in [-0.39, 0.29) is 18.3 Å². The third kappa shape index (κ3) is 2.97. The van der Waals surface area contributed by atoms with E-state index in [0.717, 1.165) is 35.3 Å². The highest BCUT2D eigenvalue weighted by atomic mass is 16.5. The summed E-state index contributed by atoms with van der Waals surface area (Å²) >= 11 is 0. The summed E-state index contributed by atoms with van der Waals surface area (Å²) in [6.45, 7) is 1.33. The lowest BCUT2D eigenvalue weighted by atomic mass is 9.84. The number of urea groups is 1. The van der Waals surface area contributed by atoms with Crippen molar-refractivity contribution in [3.8, 4) is 0 Å². The van der Waals surface area contributed by atoms with Crippen molar-refractivity contribution in [3.63, 3.8) is 0 Å². The maximum Gasteiger partial charge on any atom is 0.325 e. The normalized spacial score (nSPS) is 21.7. The summed E-state index contributed by atoms with van der Waals surface area (Å²) in [5.41, 5.74) is 0.804. The quantitative estimate of drug-likeness (QED) is 0.807. The molecule has 0 saturated carbocycles. The minimum atomic E-state index is -1.09. The Balaban J connectivity index is 1.58. The molecule has 27 heavy (non-hydrogen) atoms. The van der Waals surface area contributed by atoms with Crippen molar-refractivity contribution in [2.24, 2.45) is 0 Å². The molecule has 8 heteroatoms. The maximum absolute atomic E-state index is 13.2. The molecule has 1 aliphatic carbocycles. The largest absolute Gasteiger partial charge is 0.360 e. The van der Waals surface area contributed by atoms with Crippen molar-refractivity contribution < 1.29 is 18.9 Å². The first kappa shape index (κ1) is 17.3. The molecule has 0 unspecified atom stereocenters. The monoisotopic (exact) mass is 368 g/mol. The number of hydrogen-bond donors (Lipinski definition) is 2. The lowest BCUT2D eigenvalue weighted by molar-refractivity contribution is -0.134. The van der Waals surface area contributed by atoms with Gasteiger partial charge in [-0.15, -0.1) is 0 Å². The Morgan fingerprint density at radius 1 is 1.33 bits per heavy atom. The Bertz CT molecular complexity index is 922. The first-order valence-electron chi connectivity index (χ1n) is 8.95. The zero-order chi connectivity index (χ0) is 19.0. The molecule has 140 valence electrons. The third-order valence-electron chi connectivity index (χ3n) is 5.10. The Labute approximate surface area is 155 Å². The number of carbonyl (C=O) groups excluding carboxylic acids is 3. The number of rotatable bonds is 3. The number of anilines is 1. The standard InChI is InChI=1S/C19H20N4O4/c1-12-10-15(22-27-12)20-16(24)11-23-17(25)19(21-18(23)26)9-5-4-7-13-6-2-3-8-14(13)19/h2-3,6,8,10H,4-5,7,9,11H2,1H3,(H,21,26)(H,20,22,24)/t19-/m1/s1. The van der Waals surface area contributed by atoms with E-state index in [1.807, 2.05) is 24.3 Å². The van der Waals surface area contributed by atoms with Gasteiger partial charge in [-0.3, -0.25) is 14.5 Å². The summed E-state index contributed by atoms with van der Waals surface area (Å²) in [4.78, 5) is 39.0. The Kier molecular flexibility index (Phi) is 4.18. The van der Waals surface area contributed by atoms with Gasteiger partial charge in [-0.2, -0.15) is 0 Å². The van der Waals surface area contributed by atoms with Gasteiger partial charge in [-0.05, 0) is 43.7 Å². The molecule has 2 aliphatic rings. The number of fused-ring (bicyclic) bond motifs is 2. The minimum absolute atomic E-state index is 0.249. The molecule has 1 spiro atoms. The van der Waals surface area contributed by atoms with Crippen LogP contribution in [0.15, 0.2) is 34.9 Å². The zero-order valence-electron chi connectivity index (χ0n) is 14.9. The third-order valence-corrected chi connectivity index (χ3v) is 5.10. The second-order valence-corrected chi connectivity index (χ2v) is 6.96. The number of benzene rings is 1. The second kappa shape index (κ2) is 6.53. The molecule has 1 fully saturated rings. The van der Waals surface area contributed by atoms with Crippen molar-refractivity contribution in [2.45, 2.75) is 38.1 Å². The van der Waals surface area contributed by atoms with Crippen LogP contribution in [0.4, 0.5) is 10.6 Å².